The minimum Gasteiger partial charge on any atom is -0.310 e. The Morgan fingerprint density at radius 1 is 0.347 bits per heavy atom. The highest BCUT2D eigenvalue weighted by atomic mass is 15.2. The fourth-order valence-electron chi connectivity index (χ4n) is 19.4. The minimum atomic E-state index is 0.0102. The van der Waals surface area contributed by atoms with Gasteiger partial charge in [-0.25, -0.2) is 0 Å². The molecule has 5 atom stereocenters. The molecule has 5 unspecified atom stereocenters. The quantitative estimate of drug-likeness (QED) is 0.153. The molecule has 6 saturated carbocycles. The maximum Gasteiger partial charge on any atom is 0.0543 e. The number of hydrogen-bond acceptors (Lipinski definition) is 2. The normalized spacial score (nSPS) is 28.3. The van der Waals surface area contributed by atoms with E-state index in [2.05, 4.69) is 218 Å². The Bertz CT molecular complexity index is 3910. The van der Waals surface area contributed by atoms with Crippen molar-refractivity contribution in [1.29, 1.82) is 0 Å². The monoisotopic (exact) mass is 969 g/mol. The lowest BCUT2D eigenvalue weighted by molar-refractivity contribution is -0.0399. The molecule has 8 aliphatic rings. The van der Waals surface area contributed by atoms with E-state index in [4.69, 9.17) is 0 Å². The molecule has 366 valence electrons. The summed E-state index contributed by atoms with van der Waals surface area (Å²) in [4.78, 5) is 5.22. The highest BCUT2D eigenvalue weighted by Crippen LogP contribution is 2.71. The Labute approximate surface area is 442 Å². The van der Waals surface area contributed by atoms with E-state index in [-0.39, 0.29) is 10.8 Å². The number of rotatable bonds is 6. The van der Waals surface area contributed by atoms with Crippen LogP contribution in [0.2, 0.25) is 0 Å². The third kappa shape index (κ3) is 5.71. The van der Waals surface area contributed by atoms with Crippen molar-refractivity contribution in [2.24, 2.45) is 47.3 Å². The third-order valence-electron chi connectivity index (χ3n) is 21.4. The number of nitrogens with zero attached hydrogens (tertiary/aromatic N) is 2. The van der Waals surface area contributed by atoms with Gasteiger partial charge < -0.3 is 9.80 Å². The van der Waals surface area contributed by atoms with Gasteiger partial charge in [-0.2, -0.15) is 0 Å². The zero-order chi connectivity index (χ0) is 49.3. The van der Waals surface area contributed by atoms with Gasteiger partial charge in [-0.1, -0.05) is 153 Å². The van der Waals surface area contributed by atoms with Crippen molar-refractivity contribution in [3.63, 3.8) is 0 Å². The molecule has 0 N–H and O–H groups in total. The van der Waals surface area contributed by atoms with Gasteiger partial charge in [0, 0.05) is 44.2 Å². The van der Waals surface area contributed by atoms with Gasteiger partial charge in [-0.05, 0) is 220 Å². The Balaban J connectivity index is 0.868. The maximum atomic E-state index is 2.65. The highest BCUT2D eigenvalue weighted by molar-refractivity contribution is 6.28. The predicted octanol–water partition coefficient (Wildman–Crippen LogP) is 19.6. The Kier molecular flexibility index (Phi) is 9.03. The average molecular weight is 969 g/mol. The molecule has 0 radical (unpaired) electrons. The van der Waals surface area contributed by atoms with Crippen molar-refractivity contribution in [3.05, 3.63) is 216 Å². The summed E-state index contributed by atoms with van der Waals surface area (Å²) in [6, 6.07) is 75.9. The van der Waals surface area contributed by atoms with Crippen LogP contribution >= 0.6 is 0 Å². The van der Waals surface area contributed by atoms with Crippen LogP contribution in [0.5, 0.6) is 0 Å². The standard InChI is InChI=1S/C73H64N2/c1-44-34-46-36-45(2)72(51(35-44)38-46)62-20-11-9-18-57(62)58-31-28-56(43-65(58)72)74(54-14-5-3-6-15-54)66-32-26-49-25-30-61-67(33-27-50-24-29-60(66)69(49)70(50)61)75(55-16-7-4-8-17-55)68-23-13-22-64-71(68)59-19-10-12-21-63(59)73(64)52-39-47-37-48(41-52)42-53(73)40-47/h3-33,43-48,51-53H,34-42H2,1-2H3. The molecule has 0 amide bonds. The molecule has 6 fully saturated rings. The van der Waals surface area contributed by atoms with Crippen molar-refractivity contribution in [2.75, 3.05) is 9.80 Å². The number of para-hydroxylation sites is 2. The van der Waals surface area contributed by atoms with Crippen LogP contribution in [0.3, 0.4) is 0 Å². The average Bonchev–Trinajstić information content (AvgIpc) is 3.98. The number of benzene rings is 10. The van der Waals surface area contributed by atoms with E-state index in [9.17, 15) is 0 Å². The zero-order valence-corrected chi connectivity index (χ0v) is 43.4. The van der Waals surface area contributed by atoms with Crippen molar-refractivity contribution in [3.8, 4) is 22.3 Å². The smallest absolute Gasteiger partial charge is 0.0543 e. The molecule has 2 nitrogen and oxygen atoms in total. The van der Waals surface area contributed by atoms with Crippen LogP contribution in [0.25, 0.3) is 54.6 Å². The minimum absolute atomic E-state index is 0.0102. The van der Waals surface area contributed by atoms with Gasteiger partial charge in [-0.3, -0.25) is 0 Å². The molecule has 18 rings (SSSR count). The van der Waals surface area contributed by atoms with Crippen LogP contribution in [0.1, 0.15) is 93.9 Å². The van der Waals surface area contributed by atoms with E-state index in [0.717, 1.165) is 23.7 Å². The van der Waals surface area contributed by atoms with E-state index in [1.165, 1.54) is 146 Å². The van der Waals surface area contributed by atoms with Crippen LogP contribution < -0.4 is 9.80 Å². The van der Waals surface area contributed by atoms with Gasteiger partial charge in [-0.15, -0.1) is 0 Å². The van der Waals surface area contributed by atoms with E-state index >= 15 is 0 Å². The molecular formula is C73H64N2. The second kappa shape index (κ2) is 15.7. The maximum absolute atomic E-state index is 2.65. The van der Waals surface area contributed by atoms with Crippen molar-refractivity contribution >= 4 is 66.4 Å². The van der Waals surface area contributed by atoms with Gasteiger partial charge in [0.2, 0.25) is 0 Å². The number of hydrogen-bond donors (Lipinski definition) is 0. The Morgan fingerprint density at radius 3 is 1.53 bits per heavy atom. The van der Waals surface area contributed by atoms with Crippen LogP contribution in [0, 0.1) is 47.3 Å². The van der Waals surface area contributed by atoms with Crippen molar-refractivity contribution in [1.82, 2.24) is 0 Å². The molecule has 75 heavy (non-hydrogen) atoms. The molecule has 0 aliphatic heterocycles. The molecule has 0 aromatic heterocycles. The van der Waals surface area contributed by atoms with E-state index in [0.29, 0.717) is 23.7 Å². The first-order valence-electron chi connectivity index (χ1n) is 28.9. The molecule has 2 spiro atoms. The Hall–Kier alpha value is -7.16. The lowest BCUT2D eigenvalue weighted by Crippen LogP contribution is -2.55. The van der Waals surface area contributed by atoms with E-state index in [1.807, 2.05) is 0 Å². The van der Waals surface area contributed by atoms with Crippen molar-refractivity contribution in [2.45, 2.75) is 82.5 Å². The predicted molar refractivity (Wildman–Crippen MR) is 313 cm³/mol. The summed E-state index contributed by atoms with van der Waals surface area (Å²) in [7, 11) is 0. The number of fused-ring (bicyclic) bond motifs is 11. The third-order valence-corrected chi connectivity index (χ3v) is 21.4. The zero-order valence-electron chi connectivity index (χ0n) is 43.4. The molecule has 10 aromatic rings. The summed E-state index contributed by atoms with van der Waals surface area (Å²) in [6.45, 7) is 5.12. The molecule has 0 saturated heterocycles. The summed E-state index contributed by atoms with van der Waals surface area (Å²) in [5.74, 6) is 6.05. The van der Waals surface area contributed by atoms with Crippen molar-refractivity contribution < 1.29 is 0 Å². The molecule has 10 aromatic carbocycles. The first-order valence-corrected chi connectivity index (χ1v) is 28.9. The number of anilines is 6. The van der Waals surface area contributed by atoms with Gasteiger partial charge >= 0.3 is 0 Å². The second-order valence-electron chi connectivity index (χ2n) is 25.0. The van der Waals surface area contributed by atoms with Gasteiger partial charge in [0.15, 0.2) is 0 Å². The van der Waals surface area contributed by atoms with Crippen LogP contribution in [0.15, 0.2) is 194 Å². The van der Waals surface area contributed by atoms with E-state index in [1.54, 1.807) is 22.3 Å². The topological polar surface area (TPSA) is 6.48 Å². The summed E-state index contributed by atoms with van der Waals surface area (Å²) in [5.41, 5.74) is 19.6. The fraction of sp³-hybridized carbons (Fsp3) is 0.288. The van der Waals surface area contributed by atoms with Gasteiger partial charge in [0.05, 0.1) is 17.1 Å². The van der Waals surface area contributed by atoms with Gasteiger partial charge in [0.1, 0.15) is 0 Å². The summed E-state index contributed by atoms with van der Waals surface area (Å²) >= 11 is 0. The molecular weight excluding hydrogens is 905 g/mol. The highest BCUT2D eigenvalue weighted by Gasteiger charge is 2.62. The molecule has 0 heterocycles. The SMILES string of the molecule is CC1CC2CC(C)C3(c4ccccc4-c4ccc(N(c5ccccc5)c5ccc6ccc7c(N(c8ccccc8)c8cccc9c8-c8ccccc8C98C9CC%10CC(C9)CC8C%10)ccc8ccc5c6c87)cc43)C(C1)C2. The summed E-state index contributed by atoms with van der Waals surface area (Å²) in [6.07, 6.45) is 12.3. The second-order valence-corrected chi connectivity index (χ2v) is 25.0. The van der Waals surface area contributed by atoms with Crippen LogP contribution in [-0.4, -0.2) is 0 Å². The Morgan fingerprint density at radius 2 is 0.867 bits per heavy atom. The largest absolute Gasteiger partial charge is 0.310 e. The first-order chi connectivity index (χ1) is 37.0. The fourth-order valence-corrected chi connectivity index (χ4v) is 19.4. The van der Waals surface area contributed by atoms with Gasteiger partial charge in [0.25, 0.3) is 0 Å². The molecule has 2 heteroatoms. The molecule has 8 aliphatic carbocycles. The lowest BCUT2D eigenvalue weighted by Gasteiger charge is -2.61. The molecule has 6 bridgehead atoms. The van der Waals surface area contributed by atoms with Crippen LogP contribution in [0.4, 0.5) is 34.1 Å². The summed E-state index contributed by atoms with van der Waals surface area (Å²) < 4.78 is 0. The summed E-state index contributed by atoms with van der Waals surface area (Å²) in [5, 5.41) is 7.80. The lowest BCUT2D eigenvalue weighted by atomic mass is 9.43. The van der Waals surface area contributed by atoms with Crippen LogP contribution in [-0.2, 0) is 10.8 Å². The first kappa shape index (κ1) is 43.1. The van der Waals surface area contributed by atoms with E-state index < -0.39 is 0 Å².